The minimum atomic E-state index is -3.54. The van der Waals surface area contributed by atoms with Crippen molar-refractivity contribution in [3.05, 3.63) is 23.8 Å². The molecule has 1 aromatic carbocycles. The van der Waals surface area contributed by atoms with Crippen LogP contribution >= 0.6 is 0 Å². The summed E-state index contributed by atoms with van der Waals surface area (Å²) < 4.78 is 35.5. The maximum Gasteiger partial charge on any atom is 0.410 e. The van der Waals surface area contributed by atoms with E-state index >= 15 is 0 Å². The molecule has 1 aliphatic carbocycles. The molecular weight excluding hydrogens is 422 g/mol. The molecule has 2 aliphatic rings. The van der Waals surface area contributed by atoms with Gasteiger partial charge in [-0.05, 0) is 51.8 Å². The molecule has 1 amide bonds. The quantitative estimate of drug-likeness (QED) is 0.646. The van der Waals surface area contributed by atoms with E-state index in [1.165, 1.54) is 14.2 Å². The van der Waals surface area contributed by atoms with E-state index in [0.29, 0.717) is 19.6 Å². The maximum atomic E-state index is 12.7. The molecule has 1 spiro atoms. The van der Waals surface area contributed by atoms with E-state index in [0.717, 1.165) is 29.1 Å². The summed E-state index contributed by atoms with van der Waals surface area (Å²) in [6, 6.07) is 5.06. The number of anilines is 2. The number of amides is 1. The highest BCUT2D eigenvalue weighted by Crippen LogP contribution is 2.46. The van der Waals surface area contributed by atoms with E-state index in [1.54, 1.807) is 18.2 Å². The third-order valence-electron chi connectivity index (χ3n) is 5.68. The van der Waals surface area contributed by atoms with Gasteiger partial charge in [0, 0.05) is 32.4 Å². The third-order valence-corrected chi connectivity index (χ3v) is 6.87. The lowest BCUT2D eigenvalue weighted by atomic mass is 10.1. The van der Waals surface area contributed by atoms with Gasteiger partial charge < -0.3 is 14.4 Å². The number of hydrogen-bond acceptors (Lipinski definition) is 7. The third kappa shape index (κ3) is 4.89. The fourth-order valence-electron chi connectivity index (χ4n) is 3.82. The zero-order valence-corrected chi connectivity index (χ0v) is 19.8. The number of carbonyl (C=O) groups excluding carboxylic acids is 2. The Labute approximate surface area is 183 Å². The Balaban J connectivity index is 1.86. The van der Waals surface area contributed by atoms with E-state index in [9.17, 15) is 18.0 Å². The summed E-state index contributed by atoms with van der Waals surface area (Å²) in [5, 5.41) is 0. The lowest BCUT2D eigenvalue weighted by Gasteiger charge is -2.43. The Bertz CT molecular complexity index is 981. The zero-order valence-electron chi connectivity index (χ0n) is 19.0. The summed E-state index contributed by atoms with van der Waals surface area (Å²) in [6.07, 6.45) is 2.56. The monoisotopic (exact) mass is 453 g/mol. The molecule has 0 radical (unpaired) electrons. The van der Waals surface area contributed by atoms with Crippen LogP contribution in [0.2, 0.25) is 0 Å². The molecule has 2 fully saturated rings. The van der Waals surface area contributed by atoms with Crippen molar-refractivity contribution in [3.8, 4) is 0 Å². The fraction of sp³-hybridized carbons (Fsp3) is 0.619. The maximum absolute atomic E-state index is 12.7. The van der Waals surface area contributed by atoms with Gasteiger partial charge in [0.05, 0.1) is 30.2 Å². The van der Waals surface area contributed by atoms with Crippen molar-refractivity contribution in [3.63, 3.8) is 0 Å². The van der Waals surface area contributed by atoms with Gasteiger partial charge in [0.15, 0.2) is 0 Å². The molecule has 1 heterocycles. The van der Waals surface area contributed by atoms with E-state index in [-0.39, 0.29) is 22.9 Å². The van der Waals surface area contributed by atoms with Gasteiger partial charge >= 0.3 is 12.1 Å². The van der Waals surface area contributed by atoms with Crippen molar-refractivity contribution >= 4 is 33.5 Å². The minimum absolute atomic E-state index is 0.173. The van der Waals surface area contributed by atoms with E-state index in [4.69, 9.17) is 9.47 Å². The van der Waals surface area contributed by atoms with Crippen molar-refractivity contribution in [1.29, 1.82) is 0 Å². The second-order valence-corrected chi connectivity index (χ2v) is 11.2. The Kier molecular flexibility index (Phi) is 5.90. The van der Waals surface area contributed by atoms with Crippen LogP contribution in [0.1, 0.15) is 44.0 Å². The zero-order chi connectivity index (χ0) is 23.2. The lowest BCUT2D eigenvalue weighted by molar-refractivity contribution is 0.0106. The first kappa shape index (κ1) is 23.2. The molecule has 0 aromatic heterocycles. The van der Waals surface area contributed by atoms with E-state index in [1.807, 2.05) is 25.7 Å². The molecule has 1 saturated heterocycles. The summed E-state index contributed by atoms with van der Waals surface area (Å²) >= 11 is 0. The molecule has 0 unspecified atom stereocenters. The number of sulfonamides is 1. The summed E-state index contributed by atoms with van der Waals surface area (Å²) in [7, 11) is -0.884. The Morgan fingerprint density at radius 3 is 2.32 bits per heavy atom. The lowest BCUT2D eigenvalue weighted by Crippen LogP contribution is -2.58. The van der Waals surface area contributed by atoms with Crippen LogP contribution in [0.3, 0.4) is 0 Å². The number of rotatable bonds is 4. The number of benzene rings is 1. The van der Waals surface area contributed by atoms with E-state index in [2.05, 4.69) is 4.90 Å². The van der Waals surface area contributed by atoms with Gasteiger partial charge in [-0.1, -0.05) is 0 Å². The molecular formula is C21H31N3O6S. The number of esters is 1. The summed E-state index contributed by atoms with van der Waals surface area (Å²) in [5.74, 6) is -0.610. The molecule has 0 bridgehead atoms. The van der Waals surface area contributed by atoms with Gasteiger partial charge in [-0.3, -0.25) is 9.21 Å². The van der Waals surface area contributed by atoms with Gasteiger partial charge in [0.1, 0.15) is 5.60 Å². The average Bonchev–Trinajstić information content (AvgIpc) is 3.43. The van der Waals surface area contributed by atoms with Crippen LogP contribution in [0, 0.1) is 0 Å². The van der Waals surface area contributed by atoms with Crippen LogP contribution in [0.15, 0.2) is 18.2 Å². The first-order valence-corrected chi connectivity index (χ1v) is 12.0. The topological polar surface area (TPSA) is 96.5 Å². The molecule has 3 rings (SSSR count). The Morgan fingerprint density at radius 1 is 1.16 bits per heavy atom. The molecule has 9 nitrogen and oxygen atoms in total. The van der Waals surface area contributed by atoms with Crippen LogP contribution in [0.4, 0.5) is 16.2 Å². The van der Waals surface area contributed by atoms with Crippen molar-refractivity contribution in [2.75, 3.05) is 49.3 Å². The number of piperazine rings is 1. The predicted octanol–water partition coefficient (Wildman–Crippen LogP) is 2.46. The minimum Gasteiger partial charge on any atom is -0.465 e. The standard InChI is InChI=1S/C21H31N3O6S/c1-20(2,3)30-19(26)24-12-11-23(14-21(24)9-10-21)15-7-8-17(22(4)31(6,27)28)16(13-15)18(25)29-5/h7-8,13H,9-12,14H2,1-6H3. The van der Waals surface area contributed by atoms with Gasteiger partial charge in [-0.15, -0.1) is 0 Å². The van der Waals surface area contributed by atoms with Crippen LogP contribution in [-0.2, 0) is 19.5 Å². The average molecular weight is 454 g/mol. The Morgan fingerprint density at radius 2 is 1.81 bits per heavy atom. The summed E-state index contributed by atoms with van der Waals surface area (Å²) in [5.41, 5.74) is 0.384. The SMILES string of the molecule is COC(=O)c1cc(N2CCN(C(=O)OC(C)(C)C)C3(CC3)C2)ccc1N(C)S(C)(=O)=O. The normalized spacial score (nSPS) is 18.0. The van der Waals surface area contributed by atoms with Gasteiger partial charge in [-0.25, -0.2) is 18.0 Å². The van der Waals surface area contributed by atoms with Crippen molar-refractivity contribution < 1.29 is 27.5 Å². The molecule has 31 heavy (non-hydrogen) atoms. The van der Waals surface area contributed by atoms with Crippen molar-refractivity contribution in [2.24, 2.45) is 0 Å². The van der Waals surface area contributed by atoms with Gasteiger partial charge in [0.2, 0.25) is 10.0 Å². The second kappa shape index (κ2) is 7.89. The fourth-order valence-corrected chi connectivity index (χ4v) is 4.34. The smallest absolute Gasteiger partial charge is 0.410 e. The Hall–Kier alpha value is -2.49. The highest BCUT2D eigenvalue weighted by atomic mass is 32.2. The van der Waals surface area contributed by atoms with Crippen LogP contribution in [-0.4, -0.2) is 76.6 Å². The number of hydrogen-bond donors (Lipinski definition) is 0. The van der Waals surface area contributed by atoms with E-state index < -0.39 is 21.6 Å². The molecule has 1 aliphatic heterocycles. The molecule has 10 heteroatoms. The molecule has 0 N–H and O–H groups in total. The number of ether oxygens (including phenoxy) is 2. The summed E-state index contributed by atoms with van der Waals surface area (Å²) in [4.78, 5) is 29.0. The second-order valence-electron chi connectivity index (χ2n) is 9.20. The number of carbonyl (C=O) groups is 2. The van der Waals surface area contributed by atoms with Crippen molar-refractivity contribution in [2.45, 2.75) is 44.8 Å². The summed E-state index contributed by atoms with van der Waals surface area (Å²) in [6.45, 7) is 7.25. The molecule has 172 valence electrons. The molecule has 1 aromatic rings. The van der Waals surface area contributed by atoms with Crippen molar-refractivity contribution in [1.82, 2.24) is 4.90 Å². The first-order chi connectivity index (χ1) is 14.3. The highest BCUT2D eigenvalue weighted by molar-refractivity contribution is 7.92. The largest absolute Gasteiger partial charge is 0.465 e. The number of nitrogens with zero attached hydrogens (tertiary/aromatic N) is 3. The van der Waals surface area contributed by atoms with Crippen LogP contribution in [0.25, 0.3) is 0 Å². The first-order valence-electron chi connectivity index (χ1n) is 10.2. The predicted molar refractivity (Wildman–Crippen MR) is 118 cm³/mol. The van der Waals surface area contributed by atoms with Gasteiger partial charge in [-0.2, -0.15) is 0 Å². The highest BCUT2D eigenvalue weighted by Gasteiger charge is 2.54. The molecule has 0 atom stereocenters. The van der Waals surface area contributed by atoms with Crippen LogP contribution in [0.5, 0.6) is 0 Å². The number of methoxy groups -OCH3 is 1. The van der Waals surface area contributed by atoms with Gasteiger partial charge in [0.25, 0.3) is 0 Å². The van der Waals surface area contributed by atoms with Crippen LogP contribution < -0.4 is 9.21 Å². The molecule has 1 saturated carbocycles.